The van der Waals surface area contributed by atoms with Crippen LogP contribution in [0.3, 0.4) is 0 Å². The number of furan rings is 1. The Bertz CT molecular complexity index is 316. The van der Waals surface area contributed by atoms with Gasteiger partial charge in [0.05, 0.1) is 12.7 Å². The van der Waals surface area contributed by atoms with Crippen LogP contribution < -0.4 is 5.73 Å². The molecule has 0 bridgehead atoms. The minimum atomic E-state index is -4.58. The highest BCUT2D eigenvalue weighted by molar-refractivity contribution is 5.76. The van der Waals surface area contributed by atoms with E-state index < -0.39 is 24.3 Å². The Hall–Kier alpha value is -1.46. The van der Waals surface area contributed by atoms with Crippen LogP contribution in [0, 0.1) is 0 Å². The fraction of sp³-hybridized carbons (Fsp3) is 0.286. The van der Waals surface area contributed by atoms with Crippen molar-refractivity contribution in [2.45, 2.75) is 12.6 Å². The van der Waals surface area contributed by atoms with Crippen molar-refractivity contribution in [1.82, 2.24) is 0 Å². The highest BCUT2D eigenvalue weighted by atomic mass is 19.4. The molecule has 0 saturated heterocycles. The molecule has 0 aliphatic rings. The standard InChI is InChI=1S/C7H6F3NO2/c8-7(9,10)6-4(1-2-13-6)3-5(11)12/h1-2H,3H2,(H2,11,12). The van der Waals surface area contributed by atoms with Gasteiger partial charge in [-0.1, -0.05) is 0 Å². The van der Waals surface area contributed by atoms with Crippen LogP contribution in [0.15, 0.2) is 16.7 Å². The molecule has 0 spiro atoms. The molecular formula is C7H6F3NO2. The van der Waals surface area contributed by atoms with Crippen LogP contribution in [0.5, 0.6) is 0 Å². The topological polar surface area (TPSA) is 56.2 Å². The fourth-order valence-corrected chi connectivity index (χ4v) is 0.911. The normalized spacial score (nSPS) is 11.6. The second-order valence-electron chi connectivity index (χ2n) is 2.42. The van der Waals surface area contributed by atoms with Crippen LogP contribution in [0.25, 0.3) is 0 Å². The van der Waals surface area contributed by atoms with E-state index in [0.717, 1.165) is 12.3 Å². The van der Waals surface area contributed by atoms with Gasteiger partial charge in [-0.2, -0.15) is 13.2 Å². The Labute approximate surface area is 71.3 Å². The summed E-state index contributed by atoms with van der Waals surface area (Å²) in [6, 6.07) is 1.08. The van der Waals surface area contributed by atoms with Gasteiger partial charge in [-0.3, -0.25) is 4.79 Å². The van der Waals surface area contributed by atoms with E-state index in [1.54, 1.807) is 0 Å². The summed E-state index contributed by atoms with van der Waals surface area (Å²) < 4.78 is 40.5. The van der Waals surface area contributed by atoms with Crippen molar-refractivity contribution >= 4 is 5.91 Å². The van der Waals surface area contributed by atoms with Crippen LogP contribution in [-0.2, 0) is 17.4 Å². The molecule has 0 radical (unpaired) electrons. The minimum absolute atomic E-state index is 0.236. The van der Waals surface area contributed by atoms with E-state index in [4.69, 9.17) is 5.73 Å². The van der Waals surface area contributed by atoms with E-state index in [-0.39, 0.29) is 5.56 Å². The van der Waals surface area contributed by atoms with E-state index in [2.05, 4.69) is 4.42 Å². The first kappa shape index (κ1) is 9.63. The molecule has 0 aliphatic carbocycles. The number of carbonyl (C=O) groups is 1. The van der Waals surface area contributed by atoms with Gasteiger partial charge in [0.15, 0.2) is 0 Å². The fourth-order valence-electron chi connectivity index (χ4n) is 0.911. The number of rotatable bonds is 2. The number of carbonyl (C=O) groups excluding carboxylic acids is 1. The maximum Gasteiger partial charge on any atom is 0.449 e. The minimum Gasteiger partial charge on any atom is -0.459 e. The average Bonchev–Trinajstić information content (AvgIpc) is 2.31. The molecule has 0 fully saturated rings. The van der Waals surface area contributed by atoms with Crippen LogP contribution >= 0.6 is 0 Å². The number of alkyl halides is 3. The van der Waals surface area contributed by atoms with Crippen molar-refractivity contribution in [2.24, 2.45) is 5.73 Å². The lowest BCUT2D eigenvalue weighted by Gasteiger charge is -2.03. The van der Waals surface area contributed by atoms with Crippen molar-refractivity contribution in [3.05, 3.63) is 23.7 Å². The number of primary amides is 1. The van der Waals surface area contributed by atoms with Crippen molar-refractivity contribution in [2.75, 3.05) is 0 Å². The van der Waals surface area contributed by atoms with Crippen molar-refractivity contribution < 1.29 is 22.4 Å². The Morgan fingerprint density at radius 1 is 1.54 bits per heavy atom. The molecule has 1 amide bonds. The molecule has 6 heteroatoms. The summed E-state index contributed by atoms with van der Waals surface area (Å²) in [5.74, 6) is -1.99. The summed E-state index contributed by atoms with van der Waals surface area (Å²) in [5.41, 5.74) is 4.51. The Balaban J connectivity index is 2.96. The zero-order valence-corrected chi connectivity index (χ0v) is 6.39. The molecule has 0 aliphatic heterocycles. The van der Waals surface area contributed by atoms with E-state index in [9.17, 15) is 18.0 Å². The van der Waals surface area contributed by atoms with E-state index >= 15 is 0 Å². The van der Waals surface area contributed by atoms with Gasteiger partial charge in [0.1, 0.15) is 0 Å². The predicted molar refractivity (Wildman–Crippen MR) is 36.6 cm³/mol. The number of amides is 1. The monoisotopic (exact) mass is 193 g/mol. The Morgan fingerprint density at radius 2 is 2.15 bits per heavy atom. The first-order valence-corrected chi connectivity index (χ1v) is 3.33. The molecule has 1 rings (SSSR count). The highest BCUT2D eigenvalue weighted by Gasteiger charge is 2.37. The zero-order chi connectivity index (χ0) is 10.1. The third-order valence-electron chi connectivity index (χ3n) is 1.37. The molecular weight excluding hydrogens is 187 g/mol. The lowest BCUT2D eigenvalue weighted by atomic mass is 10.2. The van der Waals surface area contributed by atoms with Gasteiger partial charge in [0.2, 0.25) is 11.7 Å². The van der Waals surface area contributed by atoms with Crippen LogP contribution in [0.2, 0.25) is 0 Å². The number of nitrogens with two attached hydrogens (primary N) is 1. The quantitative estimate of drug-likeness (QED) is 0.770. The van der Waals surface area contributed by atoms with Gasteiger partial charge >= 0.3 is 6.18 Å². The molecule has 0 saturated carbocycles. The van der Waals surface area contributed by atoms with Gasteiger partial charge in [-0.25, -0.2) is 0 Å². The zero-order valence-electron chi connectivity index (χ0n) is 6.39. The highest BCUT2D eigenvalue weighted by Crippen LogP contribution is 2.32. The molecule has 3 nitrogen and oxygen atoms in total. The molecule has 1 heterocycles. The van der Waals surface area contributed by atoms with Gasteiger partial charge in [-0.15, -0.1) is 0 Å². The lowest BCUT2D eigenvalue weighted by molar-refractivity contribution is -0.153. The third-order valence-corrected chi connectivity index (χ3v) is 1.37. The van der Waals surface area contributed by atoms with Gasteiger partial charge in [0.25, 0.3) is 0 Å². The number of hydrogen-bond donors (Lipinski definition) is 1. The summed E-state index contributed by atoms with van der Waals surface area (Å²) in [7, 11) is 0. The second-order valence-corrected chi connectivity index (χ2v) is 2.42. The molecule has 0 aromatic carbocycles. The smallest absolute Gasteiger partial charge is 0.449 e. The summed E-state index contributed by atoms with van der Waals surface area (Å²) in [4.78, 5) is 10.4. The molecule has 72 valence electrons. The molecule has 0 unspecified atom stereocenters. The van der Waals surface area contributed by atoms with Gasteiger partial charge in [-0.05, 0) is 6.07 Å². The van der Waals surface area contributed by atoms with E-state index in [0.29, 0.717) is 0 Å². The summed E-state index contributed by atoms with van der Waals surface area (Å²) in [6.07, 6.45) is -4.17. The van der Waals surface area contributed by atoms with Crippen molar-refractivity contribution in [1.29, 1.82) is 0 Å². The first-order chi connectivity index (χ1) is 5.91. The summed E-state index contributed by atoms with van der Waals surface area (Å²) in [6.45, 7) is 0. The molecule has 2 N–H and O–H groups in total. The van der Waals surface area contributed by atoms with Crippen molar-refractivity contribution in [3.8, 4) is 0 Å². The summed E-state index contributed by atoms with van der Waals surface area (Å²) >= 11 is 0. The van der Waals surface area contributed by atoms with Crippen molar-refractivity contribution in [3.63, 3.8) is 0 Å². The average molecular weight is 193 g/mol. The largest absolute Gasteiger partial charge is 0.459 e. The van der Waals surface area contributed by atoms with Crippen LogP contribution in [0.4, 0.5) is 13.2 Å². The summed E-state index contributed by atoms with van der Waals surface area (Å²) in [5, 5.41) is 0. The first-order valence-electron chi connectivity index (χ1n) is 3.33. The molecule has 0 atom stereocenters. The maximum absolute atomic E-state index is 12.1. The number of halogens is 3. The molecule has 13 heavy (non-hydrogen) atoms. The van der Waals surface area contributed by atoms with E-state index in [1.807, 2.05) is 0 Å². The Kier molecular flexibility index (Phi) is 2.31. The lowest BCUT2D eigenvalue weighted by Crippen LogP contribution is -2.16. The SMILES string of the molecule is NC(=O)Cc1ccoc1C(F)(F)F. The third kappa shape index (κ3) is 2.24. The second kappa shape index (κ2) is 3.12. The maximum atomic E-state index is 12.1. The molecule has 1 aromatic heterocycles. The molecule has 1 aromatic rings. The van der Waals surface area contributed by atoms with Gasteiger partial charge in [0, 0.05) is 5.56 Å². The van der Waals surface area contributed by atoms with E-state index in [1.165, 1.54) is 0 Å². The number of hydrogen-bond acceptors (Lipinski definition) is 2. The Morgan fingerprint density at radius 3 is 2.62 bits per heavy atom. The van der Waals surface area contributed by atoms with Crippen LogP contribution in [0.1, 0.15) is 11.3 Å². The predicted octanol–water partition coefficient (Wildman–Crippen LogP) is 1.33. The van der Waals surface area contributed by atoms with Crippen LogP contribution in [-0.4, -0.2) is 5.91 Å². The van der Waals surface area contributed by atoms with Gasteiger partial charge < -0.3 is 10.2 Å².